The SMILES string of the molecule is O[C@@H](C[NH2+]CCc1ccc(F)cc1)c1ccccc1. The fourth-order valence-electron chi connectivity index (χ4n) is 2.01. The van der Waals surface area contributed by atoms with E-state index in [-0.39, 0.29) is 5.82 Å². The molecule has 0 radical (unpaired) electrons. The standard InChI is InChI=1S/C16H18FNO/c17-15-8-6-13(7-9-15)10-11-18-12-16(19)14-4-2-1-3-5-14/h1-9,16,18-19H,10-12H2/p+1/t16-/m0/s1. The molecule has 0 heterocycles. The lowest BCUT2D eigenvalue weighted by atomic mass is 10.1. The molecular formula is C16H19FNO+. The maximum absolute atomic E-state index is 12.7. The molecule has 2 aromatic rings. The van der Waals surface area contributed by atoms with Gasteiger partial charge in [0.15, 0.2) is 0 Å². The fraction of sp³-hybridized carbons (Fsp3) is 0.250. The first kappa shape index (κ1) is 13.7. The van der Waals surface area contributed by atoms with Crippen LogP contribution in [0.25, 0.3) is 0 Å². The lowest BCUT2D eigenvalue weighted by molar-refractivity contribution is -0.661. The number of benzene rings is 2. The highest BCUT2D eigenvalue weighted by Crippen LogP contribution is 2.09. The van der Waals surface area contributed by atoms with Crippen molar-refractivity contribution in [3.63, 3.8) is 0 Å². The van der Waals surface area contributed by atoms with Gasteiger partial charge in [0.1, 0.15) is 18.5 Å². The monoisotopic (exact) mass is 260 g/mol. The van der Waals surface area contributed by atoms with Crippen LogP contribution in [0, 0.1) is 5.82 Å². The second-order valence-electron chi connectivity index (χ2n) is 4.62. The van der Waals surface area contributed by atoms with Crippen LogP contribution in [0.15, 0.2) is 54.6 Å². The van der Waals surface area contributed by atoms with E-state index in [0.29, 0.717) is 6.54 Å². The molecule has 0 unspecified atom stereocenters. The van der Waals surface area contributed by atoms with E-state index in [9.17, 15) is 9.50 Å². The maximum Gasteiger partial charge on any atom is 0.128 e. The van der Waals surface area contributed by atoms with Crippen molar-refractivity contribution in [2.75, 3.05) is 13.1 Å². The third-order valence-electron chi connectivity index (χ3n) is 3.12. The number of nitrogens with two attached hydrogens (primary N) is 1. The second-order valence-corrected chi connectivity index (χ2v) is 4.62. The van der Waals surface area contributed by atoms with Crippen LogP contribution in [0.3, 0.4) is 0 Å². The Bertz CT molecular complexity index is 484. The number of halogens is 1. The molecule has 19 heavy (non-hydrogen) atoms. The van der Waals surface area contributed by atoms with E-state index < -0.39 is 6.10 Å². The average molecular weight is 260 g/mol. The second kappa shape index (κ2) is 7.02. The molecule has 0 aliphatic rings. The third kappa shape index (κ3) is 4.47. The van der Waals surface area contributed by atoms with E-state index in [1.807, 2.05) is 30.3 Å². The molecule has 0 spiro atoms. The molecule has 0 bridgehead atoms. The Balaban J connectivity index is 1.71. The topological polar surface area (TPSA) is 36.8 Å². The lowest BCUT2D eigenvalue weighted by Gasteiger charge is -2.09. The minimum absolute atomic E-state index is 0.202. The maximum atomic E-state index is 12.7. The van der Waals surface area contributed by atoms with Gasteiger partial charge in [-0.3, -0.25) is 0 Å². The molecule has 0 aromatic heterocycles. The van der Waals surface area contributed by atoms with Crippen molar-refractivity contribution in [1.29, 1.82) is 0 Å². The molecule has 0 saturated carbocycles. The number of aliphatic hydroxyl groups excluding tert-OH is 1. The van der Waals surface area contributed by atoms with E-state index >= 15 is 0 Å². The number of aliphatic hydroxyl groups is 1. The molecule has 0 aliphatic carbocycles. The number of quaternary nitrogens is 1. The summed E-state index contributed by atoms with van der Waals surface area (Å²) in [7, 11) is 0. The molecule has 2 rings (SSSR count). The number of hydrogen-bond donors (Lipinski definition) is 2. The van der Waals surface area contributed by atoms with Crippen molar-refractivity contribution in [2.45, 2.75) is 12.5 Å². The summed E-state index contributed by atoms with van der Waals surface area (Å²) in [4.78, 5) is 0. The molecule has 0 amide bonds. The van der Waals surface area contributed by atoms with Crippen LogP contribution < -0.4 is 5.32 Å². The molecule has 3 heteroatoms. The van der Waals surface area contributed by atoms with Crippen LogP contribution in [-0.4, -0.2) is 18.2 Å². The van der Waals surface area contributed by atoms with Crippen molar-refractivity contribution in [3.8, 4) is 0 Å². The Labute approximate surface area is 112 Å². The predicted octanol–water partition coefficient (Wildman–Crippen LogP) is 1.67. The molecule has 0 fully saturated rings. The van der Waals surface area contributed by atoms with Crippen LogP contribution in [-0.2, 0) is 6.42 Å². The summed E-state index contributed by atoms with van der Waals surface area (Å²) in [6, 6.07) is 16.2. The van der Waals surface area contributed by atoms with Crippen LogP contribution in [0.2, 0.25) is 0 Å². The van der Waals surface area contributed by atoms with Crippen molar-refractivity contribution >= 4 is 0 Å². The van der Waals surface area contributed by atoms with E-state index in [2.05, 4.69) is 5.32 Å². The van der Waals surface area contributed by atoms with Gasteiger partial charge in [0, 0.05) is 6.42 Å². The number of hydrogen-bond acceptors (Lipinski definition) is 1. The molecule has 2 nitrogen and oxygen atoms in total. The molecule has 1 atom stereocenters. The van der Waals surface area contributed by atoms with Crippen molar-refractivity contribution < 1.29 is 14.8 Å². The predicted molar refractivity (Wildman–Crippen MR) is 73.2 cm³/mol. The summed E-state index contributed by atoms with van der Waals surface area (Å²) in [5.41, 5.74) is 2.06. The minimum Gasteiger partial charge on any atom is -0.382 e. The molecule has 0 saturated heterocycles. The summed E-state index contributed by atoms with van der Waals surface area (Å²) in [6.45, 7) is 1.53. The molecule has 0 aliphatic heterocycles. The van der Waals surface area contributed by atoms with Crippen molar-refractivity contribution in [3.05, 3.63) is 71.5 Å². The van der Waals surface area contributed by atoms with Gasteiger partial charge in [-0.1, -0.05) is 42.5 Å². The summed E-state index contributed by atoms with van der Waals surface area (Å²) >= 11 is 0. The van der Waals surface area contributed by atoms with Gasteiger partial charge in [0.2, 0.25) is 0 Å². The van der Waals surface area contributed by atoms with Gasteiger partial charge in [0.25, 0.3) is 0 Å². The van der Waals surface area contributed by atoms with Gasteiger partial charge >= 0.3 is 0 Å². The first-order valence-electron chi connectivity index (χ1n) is 6.55. The van der Waals surface area contributed by atoms with Crippen LogP contribution in [0.1, 0.15) is 17.2 Å². The largest absolute Gasteiger partial charge is 0.382 e. The van der Waals surface area contributed by atoms with E-state index in [0.717, 1.165) is 24.1 Å². The van der Waals surface area contributed by atoms with Gasteiger partial charge in [0.05, 0.1) is 6.54 Å². The molecule has 2 aromatic carbocycles. The Hall–Kier alpha value is -1.71. The van der Waals surface area contributed by atoms with Gasteiger partial charge < -0.3 is 10.4 Å². The van der Waals surface area contributed by atoms with Crippen LogP contribution in [0.5, 0.6) is 0 Å². The van der Waals surface area contributed by atoms with E-state index in [1.165, 1.54) is 12.1 Å². The van der Waals surface area contributed by atoms with E-state index in [4.69, 9.17) is 0 Å². The van der Waals surface area contributed by atoms with Crippen LogP contribution >= 0.6 is 0 Å². The Kier molecular flexibility index (Phi) is 5.07. The zero-order valence-corrected chi connectivity index (χ0v) is 10.8. The smallest absolute Gasteiger partial charge is 0.128 e. The van der Waals surface area contributed by atoms with E-state index in [1.54, 1.807) is 12.1 Å². The highest BCUT2D eigenvalue weighted by molar-refractivity contribution is 5.17. The highest BCUT2D eigenvalue weighted by atomic mass is 19.1. The zero-order chi connectivity index (χ0) is 13.5. The van der Waals surface area contributed by atoms with Gasteiger partial charge in [-0.05, 0) is 23.3 Å². The Morgan fingerprint density at radius 2 is 1.68 bits per heavy atom. The minimum atomic E-state index is -0.436. The molecular weight excluding hydrogens is 241 g/mol. The zero-order valence-electron chi connectivity index (χ0n) is 10.8. The van der Waals surface area contributed by atoms with Crippen LogP contribution in [0.4, 0.5) is 4.39 Å². The normalized spacial score (nSPS) is 12.3. The quantitative estimate of drug-likeness (QED) is 0.762. The van der Waals surface area contributed by atoms with Crippen molar-refractivity contribution in [1.82, 2.24) is 0 Å². The third-order valence-corrected chi connectivity index (χ3v) is 3.12. The van der Waals surface area contributed by atoms with Gasteiger partial charge in [-0.2, -0.15) is 0 Å². The number of rotatable bonds is 6. The Morgan fingerprint density at radius 3 is 2.37 bits per heavy atom. The highest BCUT2D eigenvalue weighted by Gasteiger charge is 2.08. The average Bonchev–Trinajstić information content (AvgIpc) is 2.46. The summed E-state index contributed by atoms with van der Waals surface area (Å²) in [5.74, 6) is -0.202. The summed E-state index contributed by atoms with van der Waals surface area (Å²) in [6.07, 6.45) is 0.441. The lowest BCUT2D eigenvalue weighted by Crippen LogP contribution is -2.85. The molecule has 3 N–H and O–H groups in total. The fourth-order valence-corrected chi connectivity index (χ4v) is 2.01. The summed E-state index contributed by atoms with van der Waals surface area (Å²) in [5, 5.41) is 12.1. The van der Waals surface area contributed by atoms with Crippen molar-refractivity contribution in [2.24, 2.45) is 0 Å². The van der Waals surface area contributed by atoms with Gasteiger partial charge in [-0.15, -0.1) is 0 Å². The molecule has 100 valence electrons. The summed E-state index contributed by atoms with van der Waals surface area (Å²) < 4.78 is 12.7. The Morgan fingerprint density at radius 1 is 1.00 bits per heavy atom. The first-order valence-corrected chi connectivity index (χ1v) is 6.55. The first-order chi connectivity index (χ1) is 9.25. The van der Waals surface area contributed by atoms with Gasteiger partial charge in [-0.25, -0.2) is 4.39 Å².